The van der Waals surface area contributed by atoms with Gasteiger partial charge in [-0.25, -0.2) is 4.98 Å². The van der Waals surface area contributed by atoms with Gasteiger partial charge in [0.1, 0.15) is 5.78 Å². The molecule has 0 unspecified atom stereocenters. The van der Waals surface area contributed by atoms with Gasteiger partial charge in [-0.2, -0.15) is 0 Å². The minimum absolute atomic E-state index is 0.355. The van der Waals surface area contributed by atoms with E-state index in [-0.39, 0.29) is 0 Å². The van der Waals surface area contributed by atoms with Crippen molar-refractivity contribution in [1.29, 1.82) is 0 Å². The third-order valence-corrected chi connectivity index (χ3v) is 3.15. The fourth-order valence-electron chi connectivity index (χ4n) is 1.36. The number of nitrogens with zero attached hydrogens (tertiary/aromatic N) is 1. The van der Waals surface area contributed by atoms with E-state index in [9.17, 15) is 4.79 Å². The number of carbonyl (C=O) groups is 1. The number of carbonyl (C=O) groups excluding carboxylic acids is 1. The maximum Gasteiger partial charge on any atom is 0.142 e. The summed E-state index contributed by atoms with van der Waals surface area (Å²) in [5.74, 6) is 0.741. The molecule has 0 N–H and O–H groups in total. The summed E-state index contributed by atoms with van der Waals surface area (Å²) in [4.78, 5) is 15.6. The standard InChI is InChI=1S/C9H11NOS/c11-8(7-2-1-3-7)6-9-10-4-5-12-9/h4-5,7H,1-3,6H2. The van der Waals surface area contributed by atoms with E-state index in [4.69, 9.17) is 0 Å². The summed E-state index contributed by atoms with van der Waals surface area (Å²) in [7, 11) is 0. The van der Waals surface area contributed by atoms with E-state index in [0.29, 0.717) is 18.1 Å². The van der Waals surface area contributed by atoms with Crippen molar-refractivity contribution in [3.05, 3.63) is 16.6 Å². The summed E-state index contributed by atoms with van der Waals surface area (Å²) in [6.45, 7) is 0. The molecule has 1 fully saturated rings. The van der Waals surface area contributed by atoms with Crippen LogP contribution in [-0.2, 0) is 11.2 Å². The van der Waals surface area contributed by atoms with Gasteiger partial charge in [0.15, 0.2) is 0 Å². The fourth-order valence-corrected chi connectivity index (χ4v) is 1.99. The quantitative estimate of drug-likeness (QED) is 0.714. The van der Waals surface area contributed by atoms with Crippen molar-refractivity contribution < 1.29 is 4.79 Å². The first-order chi connectivity index (χ1) is 5.86. The van der Waals surface area contributed by atoms with E-state index in [1.807, 2.05) is 5.38 Å². The maximum absolute atomic E-state index is 11.5. The fraction of sp³-hybridized carbons (Fsp3) is 0.556. The number of thiazole rings is 1. The molecule has 12 heavy (non-hydrogen) atoms. The van der Waals surface area contributed by atoms with Gasteiger partial charge in [-0.15, -0.1) is 11.3 Å². The van der Waals surface area contributed by atoms with Gasteiger partial charge in [-0.1, -0.05) is 6.42 Å². The number of rotatable bonds is 3. The van der Waals surface area contributed by atoms with Gasteiger partial charge in [0.25, 0.3) is 0 Å². The Labute approximate surface area is 75.6 Å². The van der Waals surface area contributed by atoms with Crippen LogP contribution in [0.4, 0.5) is 0 Å². The minimum atomic E-state index is 0.355. The molecule has 0 radical (unpaired) electrons. The number of hydrogen-bond acceptors (Lipinski definition) is 3. The van der Waals surface area contributed by atoms with Crippen LogP contribution >= 0.6 is 11.3 Å². The number of hydrogen-bond donors (Lipinski definition) is 0. The Bertz CT molecular complexity index is 264. The lowest BCUT2D eigenvalue weighted by atomic mass is 9.81. The molecule has 2 rings (SSSR count). The van der Waals surface area contributed by atoms with Crippen LogP contribution < -0.4 is 0 Å². The van der Waals surface area contributed by atoms with E-state index in [1.54, 1.807) is 17.5 Å². The molecule has 2 nitrogen and oxygen atoms in total. The molecule has 0 spiro atoms. The highest BCUT2D eigenvalue weighted by Gasteiger charge is 2.25. The number of ketones is 1. The van der Waals surface area contributed by atoms with Crippen LogP contribution in [0.3, 0.4) is 0 Å². The van der Waals surface area contributed by atoms with Gasteiger partial charge in [-0.3, -0.25) is 4.79 Å². The second-order valence-corrected chi connectivity index (χ2v) is 4.18. The smallest absolute Gasteiger partial charge is 0.142 e. The molecule has 0 saturated heterocycles. The first kappa shape index (κ1) is 7.92. The third kappa shape index (κ3) is 1.55. The molecule has 1 aliphatic rings. The van der Waals surface area contributed by atoms with Gasteiger partial charge in [0, 0.05) is 17.5 Å². The molecule has 0 atom stereocenters. The zero-order valence-electron chi connectivity index (χ0n) is 6.82. The van der Waals surface area contributed by atoms with Crippen molar-refractivity contribution in [3.63, 3.8) is 0 Å². The highest BCUT2D eigenvalue weighted by atomic mass is 32.1. The van der Waals surface area contributed by atoms with Crippen LogP contribution in [0.5, 0.6) is 0 Å². The summed E-state index contributed by atoms with van der Waals surface area (Å²) >= 11 is 1.57. The molecule has 3 heteroatoms. The maximum atomic E-state index is 11.5. The lowest BCUT2D eigenvalue weighted by molar-refractivity contribution is -0.124. The van der Waals surface area contributed by atoms with Gasteiger partial charge in [0.05, 0.1) is 11.4 Å². The minimum Gasteiger partial charge on any atom is -0.299 e. The van der Waals surface area contributed by atoms with Crippen LogP contribution in [0, 0.1) is 5.92 Å². The summed E-state index contributed by atoms with van der Waals surface area (Å²) < 4.78 is 0. The summed E-state index contributed by atoms with van der Waals surface area (Å²) in [5, 5.41) is 2.88. The van der Waals surface area contributed by atoms with Crippen molar-refractivity contribution in [2.45, 2.75) is 25.7 Å². The molecule has 1 aromatic heterocycles. The second kappa shape index (κ2) is 3.35. The average Bonchev–Trinajstić information content (AvgIpc) is 2.34. The SMILES string of the molecule is O=C(Cc1nccs1)C1CCC1. The molecule has 1 heterocycles. The Hall–Kier alpha value is -0.700. The second-order valence-electron chi connectivity index (χ2n) is 3.20. The lowest BCUT2D eigenvalue weighted by Crippen LogP contribution is -2.23. The zero-order chi connectivity index (χ0) is 8.39. The molecule has 1 saturated carbocycles. The molecule has 0 aliphatic heterocycles. The monoisotopic (exact) mass is 181 g/mol. The van der Waals surface area contributed by atoms with Crippen LogP contribution in [0.15, 0.2) is 11.6 Å². The molecular formula is C9H11NOS. The Morgan fingerprint density at radius 2 is 2.50 bits per heavy atom. The predicted octanol–water partition coefficient (Wildman–Crippen LogP) is 2.05. The summed E-state index contributed by atoms with van der Waals surface area (Å²) in [6, 6.07) is 0. The Morgan fingerprint density at radius 1 is 1.67 bits per heavy atom. The third-order valence-electron chi connectivity index (χ3n) is 2.37. The molecule has 64 valence electrons. The van der Waals surface area contributed by atoms with Crippen LogP contribution in [0.1, 0.15) is 24.3 Å². The lowest BCUT2D eigenvalue weighted by Gasteiger charge is -2.23. The largest absolute Gasteiger partial charge is 0.299 e. The molecule has 1 aromatic rings. The summed E-state index contributed by atoms with van der Waals surface area (Å²) in [5.41, 5.74) is 0. The van der Waals surface area contributed by atoms with Crippen molar-refractivity contribution in [2.75, 3.05) is 0 Å². The van der Waals surface area contributed by atoms with Crippen LogP contribution in [0.25, 0.3) is 0 Å². The predicted molar refractivity (Wildman–Crippen MR) is 48.2 cm³/mol. The van der Waals surface area contributed by atoms with Crippen molar-refractivity contribution in [1.82, 2.24) is 4.98 Å². The molecule has 0 bridgehead atoms. The Balaban J connectivity index is 1.90. The topological polar surface area (TPSA) is 30.0 Å². The summed E-state index contributed by atoms with van der Waals surface area (Å²) in [6.07, 6.45) is 5.75. The van der Waals surface area contributed by atoms with Crippen LogP contribution in [-0.4, -0.2) is 10.8 Å². The number of aromatic nitrogens is 1. The molecular weight excluding hydrogens is 170 g/mol. The van der Waals surface area contributed by atoms with Crippen molar-refractivity contribution in [2.24, 2.45) is 5.92 Å². The van der Waals surface area contributed by atoms with E-state index in [2.05, 4.69) is 4.98 Å². The molecule has 0 aromatic carbocycles. The Kier molecular flexibility index (Phi) is 2.21. The zero-order valence-corrected chi connectivity index (χ0v) is 7.64. The Morgan fingerprint density at radius 3 is 3.00 bits per heavy atom. The first-order valence-corrected chi connectivity index (χ1v) is 5.15. The average molecular weight is 181 g/mol. The van der Waals surface area contributed by atoms with E-state index in [0.717, 1.165) is 17.8 Å². The van der Waals surface area contributed by atoms with E-state index in [1.165, 1.54) is 6.42 Å². The van der Waals surface area contributed by atoms with Crippen molar-refractivity contribution in [3.8, 4) is 0 Å². The van der Waals surface area contributed by atoms with Gasteiger partial charge >= 0.3 is 0 Å². The highest BCUT2D eigenvalue weighted by Crippen LogP contribution is 2.28. The van der Waals surface area contributed by atoms with Crippen molar-refractivity contribution >= 4 is 17.1 Å². The van der Waals surface area contributed by atoms with Gasteiger partial charge in [0.2, 0.25) is 0 Å². The molecule has 0 amide bonds. The first-order valence-electron chi connectivity index (χ1n) is 4.27. The van der Waals surface area contributed by atoms with E-state index < -0.39 is 0 Å². The molecule has 1 aliphatic carbocycles. The van der Waals surface area contributed by atoms with Crippen LogP contribution in [0.2, 0.25) is 0 Å². The number of Topliss-reactive ketones (excluding diaryl/α,β-unsaturated/α-hetero) is 1. The highest BCUT2D eigenvalue weighted by molar-refractivity contribution is 7.09. The van der Waals surface area contributed by atoms with E-state index >= 15 is 0 Å². The normalized spacial score (nSPS) is 17.3. The van der Waals surface area contributed by atoms with Gasteiger partial charge < -0.3 is 0 Å². The van der Waals surface area contributed by atoms with Gasteiger partial charge in [-0.05, 0) is 12.8 Å².